The van der Waals surface area contributed by atoms with Crippen molar-refractivity contribution in [3.05, 3.63) is 17.8 Å². The summed E-state index contributed by atoms with van der Waals surface area (Å²) in [5.74, 6) is 1.48. The summed E-state index contributed by atoms with van der Waals surface area (Å²) in [5, 5.41) is 12.0. The molecule has 84 valence electrons. The quantitative estimate of drug-likeness (QED) is 0.808. The van der Waals surface area contributed by atoms with Crippen molar-refractivity contribution in [3.8, 4) is 6.07 Å². The number of pyridine rings is 1. The summed E-state index contributed by atoms with van der Waals surface area (Å²) in [6.45, 7) is 2.20. The Balaban J connectivity index is 1.99. The number of hydrogen-bond donors (Lipinski definition) is 2. The van der Waals surface area contributed by atoms with Crippen molar-refractivity contribution in [3.63, 3.8) is 0 Å². The van der Waals surface area contributed by atoms with E-state index in [0.717, 1.165) is 5.92 Å². The first-order valence-corrected chi connectivity index (χ1v) is 5.66. The van der Waals surface area contributed by atoms with Gasteiger partial charge in [-0.05, 0) is 24.8 Å². The van der Waals surface area contributed by atoms with Gasteiger partial charge in [-0.3, -0.25) is 0 Å². The molecule has 2 rings (SSSR count). The lowest BCUT2D eigenvalue weighted by Gasteiger charge is -2.07. The number of hydrogen-bond acceptors (Lipinski definition) is 4. The van der Waals surface area contributed by atoms with E-state index in [4.69, 9.17) is 11.0 Å². The molecular formula is C12H16N4. The monoisotopic (exact) mass is 216 g/mol. The second-order valence-corrected chi connectivity index (χ2v) is 4.31. The minimum Gasteiger partial charge on any atom is -0.396 e. The minimum absolute atomic E-state index is 0.504. The van der Waals surface area contributed by atoms with E-state index in [1.165, 1.54) is 19.3 Å². The highest BCUT2D eigenvalue weighted by atomic mass is 15.1. The fourth-order valence-corrected chi connectivity index (χ4v) is 1.95. The first kappa shape index (κ1) is 10.7. The van der Waals surface area contributed by atoms with Gasteiger partial charge in [-0.2, -0.15) is 5.26 Å². The van der Waals surface area contributed by atoms with Gasteiger partial charge in [0.25, 0.3) is 0 Å². The van der Waals surface area contributed by atoms with Gasteiger partial charge >= 0.3 is 0 Å². The summed E-state index contributed by atoms with van der Waals surface area (Å²) in [6, 6.07) is 4.20. The number of nitrogens with zero attached hydrogens (tertiary/aromatic N) is 2. The molecule has 16 heavy (non-hydrogen) atoms. The highest BCUT2D eigenvalue weighted by Gasteiger charge is 2.36. The molecule has 0 saturated heterocycles. The number of nitrogens with one attached hydrogen (secondary N) is 1. The number of aromatic nitrogens is 1. The highest BCUT2D eigenvalue weighted by molar-refractivity contribution is 5.63. The maximum absolute atomic E-state index is 8.69. The van der Waals surface area contributed by atoms with Crippen LogP contribution in [0.3, 0.4) is 0 Å². The molecule has 0 spiro atoms. The molecular weight excluding hydrogens is 200 g/mol. The number of nitrogens with two attached hydrogens (primary N) is 1. The van der Waals surface area contributed by atoms with Gasteiger partial charge in [-0.1, -0.05) is 13.3 Å². The summed E-state index contributed by atoms with van der Waals surface area (Å²) >= 11 is 0. The van der Waals surface area contributed by atoms with E-state index < -0.39 is 0 Å². The zero-order valence-electron chi connectivity index (χ0n) is 9.40. The number of anilines is 2. The van der Waals surface area contributed by atoms with Gasteiger partial charge in [0.2, 0.25) is 0 Å². The Kier molecular flexibility index (Phi) is 2.95. The van der Waals surface area contributed by atoms with E-state index in [2.05, 4.69) is 17.2 Å². The molecule has 2 atom stereocenters. The highest BCUT2D eigenvalue weighted by Crippen LogP contribution is 2.37. The molecule has 2 unspecified atom stereocenters. The topological polar surface area (TPSA) is 74.7 Å². The Morgan fingerprint density at radius 1 is 1.69 bits per heavy atom. The van der Waals surface area contributed by atoms with Crippen molar-refractivity contribution in [2.45, 2.75) is 32.2 Å². The van der Waals surface area contributed by atoms with Crippen LogP contribution in [-0.4, -0.2) is 11.0 Å². The van der Waals surface area contributed by atoms with Gasteiger partial charge in [0.05, 0.1) is 11.3 Å². The van der Waals surface area contributed by atoms with Crippen LogP contribution in [0.2, 0.25) is 0 Å². The smallest absolute Gasteiger partial charge is 0.149 e. The third-order valence-electron chi connectivity index (χ3n) is 2.95. The number of nitrogen functional groups attached to an aromatic ring is 1. The predicted molar refractivity (Wildman–Crippen MR) is 63.8 cm³/mol. The van der Waals surface area contributed by atoms with E-state index >= 15 is 0 Å². The Labute approximate surface area is 95.5 Å². The molecule has 1 aliphatic rings. The molecule has 1 aliphatic carbocycles. The average Bonchev–Trinajstić information content (AvgIpc) is 3.00. The van der Waals surface area contributed by atoms with Crippen molar-refractivity contribution in [2.24, 2.45) is 5.92 Å². The lowest BCUT2D eigenvalue weighted by Crippen LogP contribution is -2.08. The molecule has 1 heterocycles. The lowest BCUT2D eigenvalue weighted by atomic mass is 10.2. The van der Waals surface area contributed by atoms with Crippen LogP contribution in [0.15, 0.2) is 12.3 Å². The second-order valence-electron chi connectivity index (χ2n) is 4.31. The fraction of sp³-hybridized carbons (Fsp3) is 0.500. The summed E-state index contributed by atoms with van der Waals surface area (Å²) < 4.78 is 0. The van der Waals surface area contributed by atoms with E-state index in [0.29, 0.717) is 23.1 Å². The summed E-state index contributed by atoms with van der Waals surface area (Å²) in [6.07, 6.45) is 5.23. The van der Waals surface area contributed by atoms with Crippen molar-refractivity contribution < 1.29 is 0 Å². The molecule has 4 heteroatoms. The normalized spacial score (nSPS) is 22.5. The molecule has 0 aliphatic heterocycles. The molecule has 1 aromatic heterocycles. The first-order chi connectivity index (χ1) is 7.74. The van der Waals surface area contributed by atoms with E-state index in [-0.39, 0.29) is 0 Å². The Morgan fingerprint density at radius 3 is 3.12 bits per heavy atom. The summed E-state index contributed by atoms with van der Waals surface area (Å²) in [4.78, 5) is 4.17. The lowest BCUT2D eigenvalue weighted by molar-refractivity contribution is 0.692. The van der Waals surface area contributed by atoms with Crippen molar-refractivity contribution in [1.82, 2.24) is 4.98 Å². The molecule has 0 bridgehead atoms. The van der Waals surface area contributed by atoms with E-state index in [1.807, 2.05) is 6.07 Å². The molecule has 1 fully saturated rings. The van der Waals surface area contributed by atoms with Crippen molar-refractivity contribution in [1.29, 1.82) is 5.26 Å². The molecule has 1 aromatic rings. The van der Waals surface area contributed by atoms with Crippen molar-refractivity contribution in [2.75, 3.05) is 11.1 Å². The van der Waals surface area contributed by atoms with Gasteiger partial charge in [-0.25, -0.2) is 4.98 Å². The maximum atomic E-state index is 8.69. The standard InChI is InChI=1S/C12H16N4/c1-2-3-9-5-11(9)16-12-10(14)4-8(6-13)7-15-12/h4,7,9,11H,2-3,5,14H2,1H3,(H,15,16). The van der Waals surface area contributed by atoms with Crippen molar-refractivity contribution >= 4 is 11.5 Å². The SMILES string of the molecule is CCCC1CC1Nc1ncc(C#N)cc1N. The molecule has 0 amide bonds. The van der Waals surface area contributed by atoms with E-state index in [1.54, 1.807) is 12.3 Å². The Bertz CT molecular complexity index is 422. The maximum Gasteiger partial charge on any atom is 0.149 e. The Morgan fingerprint density at radius 2 is 2.50 bits per heavy atom. The van der Waals surface area contributed by atoms with Gasteiger partial charge in [0, 0.05) is 12.2 Å². The van der Waals surface area contributed by atoms with Crippen LogP contribution in [0.4, 0.5) is 11.5 Å². The van der Waals surface area contributed by atoms with Gasteiger partial charge in [0.15, 0.2) is 0 Å². The average molecular weight is 216 g/mol. The van der Waals surface area contributed by atoms with Gasteiger partial charge < -0.3 is 11.1 Å². The molecule has 0 aromatic carbocycles. The van der Waals surface area contributed by atoms with Crippen LogP contribution in [0.5, 0.6) is 0 Å². The van der Waals surface area contributed by atoms with Crippen LogP contribution in [-0.2, 0) is 0 Å². The zero-order valence-corrected chi connectivity index (χ0v) is 9.40. The second kappa shape index (κ2) is 4.40. The molecule has 1 saturated carbocycles. The first-order valence-electron chi connectivity index (χ1n) is 5.66. The van der Waals surface area contributed by atoms with Crippen LogP contribution in [0.1, 0.15) is 31.7 Å². The third kappa shape index (κ3) is 2.25. The third-order valence-corrected chi connectivity index (χ3v) is 2.95. The van der Waals surface area contributed by atoms with E-state index in [9.17, 15) is 0 Å². The zero-order chi connectivity index (χ0) is 11.5. The Hall–Kier alpha value is -1.76. The van der Waals surface area contributed by atoms with Gasteiger partial charge in [-0.15, -0.1) is 0 Å². The van der Waals surface area contributed by atoms with Crippen LogP contribution >= 0.6 is 0 Å². The summed E-state index contributed by atoms with van der Waals surface area (Å²) in [5.41, 5.74) is 6.88. The van der Waals surface area contributed by atoms with Crippen LogP contribution < -0.4 is 11.1 Å². The largest absolute Gasteiger partial charge is 0.396 e. The van der Waals surface area contributed by atoms with Crippen LogP contribution in [0, 0.1) is 17.2 Å². The number of nitriles is 1. The minimum atomic E-state index is 0.504. The summed E-state index contributed by atoms with van der Waals surface area (Å²) in [7, 11) is 0. The number of rotatable bonds is 4. The van der Waals surface area contributed by atoms with Crippen LogP contribution in [0.25, 0.3) is 0 Å². The van der Waals surface area contributed by atoms with Gasteiger partial charge in [0.1, 0.15) is 11.9 Å². The fourth-order valence-electron chi connectivity index (χ4n) is 1.95. The molecule has 4 nitrogen and oxygen atoms in total. The molecule has 0 radical (unpaired) electrons. The predicted octanol–water partition coefficient (Wildman–Crippen LogP) is 2.14. The molecule has 3 N–H and O–H groups in total.